The Kier molecular flexibility index (Phi) is 4.45. The number of carbonyl (C=O) groups excluding carboxylic acids is 2. The van der Waals surface area contributed by atoms with Gasteiger partial charge in [0.1, 0.15) is 5.60 Å². The van der Waals surface area contributed by atoms with Gasteiger partial charge in [-0.2, -0.15) is 0 Å². The highest BCUT2D eigenvalue weighted by molar-refractivity contribution is 9.10. The number of ether oxygens (including phenoxy) is 1. The Labute approximate surface area is 113 Å². The monoisotopic (exact) mass is 317 g/mol. The molecule has 1 aromatic rings. The minimum atomic E-state index is -0.817. The van der Waals surface area contributed by atoms with Crippen molar-refractivity contribution in [2.45, 2.75) is 26.4 Å². The Hall–Kier alpha value is -1.43. The van der Waals surface area contributed by atoms with Crippen molar-refractivity contribution in [1.82, 2.24) is 0 Å². The first-order valence-electron chi connectivity index (χ1n) is 5.18. The molecule has 0 aromatic heterocycles. The van der Waals surface area contributed by atoms with Gasteiger partial charge >= 0.3 is 6.09 Å². The second-order valence-corrected chi connectivity index (χ2v) is 5.42. The fraction of sp³-hybridized carbons (Fsp3) is 0.333. The second kappa shape index (κ2) is 5.48. The molecule has 0 bridgehead atoms. The smallest absolute Gasteiger partial charge is 0.412 e. The molecule has 0 aliphatic rings. The lowest BCUT2D eigenvalue weighted by Crippen LogP contribution is -2.27. The molecule has 0 heterocycles. The molecule has 1 aromatic carbocycles. The van der Waals surface area contributed by atoms with Crippen LogP contribution in [0.25, 0.3) is 0 Å². The van der Waals surface area contributed by atoms with Crippen molar-refractivity contribution in [3.05, 3.63) is 28.0 Å². The number of hydrogen-bond acceptors (Lipinski definition) is 3. The van der Waals surface area contributed by atoms with E-state index in [4.69, 9.17) is 4.74 Å². The Morgan fingerprint density at radius 3 is 2.56 bits per heavy atom. The summed E-state index contributed by atoms with van der Waals surface area (Å²) in [7, 11) is 0. The minimum Gasteiger partial charge on any atom is -0.444 e. The molecular weight excluding hydrogens is 305 g/mol. The van der Waals surface area contributed by atoms with Gasteiger partial charge in [0.2, 0.25) is 0 Å². The third-order valence-electron chi connectivity index (χ3n) is 1.88. The molecule has 0 aliphatic carbocycles. The Bertz CT molecular complexity index is 483. The van der Waals surface area contributed by atoms with Gasteiger partial charge in [0.15, 0.2) is 12.1 Å². The molecule has 0 saturated heterocycles. The van der Waals surface area contributed by atoms with E-state index in [-0.39, 0.29) is 15.7 Å². The summed E-state index contributed by atoms with van der Waals surface area (Å²) in [6.07, 6.45) is -0.356. The topological polar surface area (TPSA) is 55.4 Å². The molecule has 0 unspecified atom stereocenters. The Balaban J connectivity index is 3.00. The van der Waals surface area contributed by atoms with Gasteiger partial charge in [-0.3, -0.25) is 10.1 Å². The second-order valence-electron chi connectivity index (χ2n) is 4.57. The van der Waals surface area contributed by atoms with Crippen molar-refractivity contribution < 1.29 is 18.7 Å². The van der Waals surface area contributed by atoms with E-state index in [0.717, 1.165) is 0 Å². The fourth-order valence-electron chi connectivity index (χ4n) is 1.20. The fourth-order valence-corrected chi connectivity index (χ4v) is 1.53. The van der Waals surface area contributed by atoms with Gasteiger partial charge in [-0.25, -0.2) is 9.18 Å². The molecule has 0 atom stereocenters. The summed E-state index contributed by atoms with van der Waals surface area (Å²) in [5.74, 6) is -0.717. The number of amides is 1. The largest absolute Gasteiger partial charge is 0.444 e. The van der Waals surface area contributed by atoms with E-state index in [1.54, 1.807) is 20.8 Å². The van der Waals surface area contributed by atoms with Gasteiger partial charge < -0.3 is 4.74 Å². The molecule has 0 fully saturated rings. The van der Waals surface area contributed by atoms with Gasteiger partial charge in [0.05, 0.1) is 10.2 Å². The van der Waals surface area contributed by atoms with Crippen LogP contribution in [0.2, 0.25) is 0 Å². The van der Waals surface area contributed by atoms with Crippen molar-refractivity contribution in [2.24, 2.45) is 0 Å². The van der Waals surface area contributed by atoms with Crippen LogP contribution in [0.1, 0.15) is 31.1 Å². The van der Waals surface area contributed by atoms with Gasteiger partial charge in [0.25, 0.3) is 0 Å². The number of rotatable bonds is 2. The van der Waals surface area contributed by atoms with Crippen LogP contribution in [0.4, 0.5) is 14.9 Å². The number of anilines is 1. The maximum absolute atomic E-state index is 13.8. The molecule has 0 saturated carbocycles. The quantitative estimate of drug-likeness (QED) is 0.845. The van der Waals surface area contributed by atoms with Crippen LogP contribution in [0.15, 0.2) is 16.6 Å². The zero-order valence-corrected chi connectivity index (χ0v) is 11.8. The predicted octanol–water partition coefficient (Wildman–Crippen LogP) is 3.75. The van der Waals surface area contributed by atoms with Crippen LogP contribution in [-0.2, 0) is 4.74 Å². The van der Waals surface area contributed by atoms with Crippen LogP contribution in [0, 0.1) is 5.82 Å². The highest BCUT2D eigenvalue weighted by Gasteiger charge is 2.19. The highest BCUT2D eigenvalue weighted by atomic mass is 79.9. The maximum atomic E-state index is 13.8. The first-order valence-corrected chi connectivity index (χ1v) is 5.97. The lowest BCUT2D eigenvalue weighted by atomic mass is 10.2. The van der Waals surface area contributed by atoms with Gasteiger partial charge in [-0.15, -0.1) is 0 Å². The van der Waals surface area contributed by atoms with Gasteiger partial charge in [-0.05, 0) is 48.8 Å². The molecule has 1 amide bonds. The van der Waals surface area contributed by atoms with E-state index >= 15 is 0 Å². The number of halogens is 2. The van der Waals surface area contributed by atoms with E-state index in [1.807, 2.05) is 0 Å². The van der Waals surface area contributed by atoms with Crippen LogP contribution in [0.3, 0.4) is 0 Å². The molecule has 18 heavy (non-hydrogen) atoms. The number of aldehydes is 1. The number of nitrogens with one attached hydrogen (secondary N) is 1. The first-order chi connectivity index (χ1) is 8.24. The molecule has 0 radical (unpaired) electrons. The van der Waals surface area contributed by atoms with E-state index in [2.05, 4.69) is 21.2 Å². The summed E-state index contributed by atoms with van der Waals surface area (Å²) in [4.78, 5) is 22.3. The Morgan fingerprint density at radius 2 is 2.06 bits per heavy atom. The van der Waals surface area contributed by atoms with Gasteiger partial charge in [0, 0.05) is 5.56 Å². The van der Waals surface area contributed by atoms with E-state index < -0.39 is 17.5 Å². The number of hydrogen-bond donors (Lipinski definition) is 1. The summed E-state index contributed by atoms with van der Waals surface area (Å²) in [6, 6.07) is 2.78. The summed E-state index contributed by atoms with van der Waals surface area (Å²) in [6.45, 7) is 5.06. The van der Waals surface area contributed by atoms with Crippen molar-refractivity contribution in [2.75, 3.05) is 5.32 Å². The number of benzene rings is 1. The zero-order chi connectivity index (χ0) is 13.9. The van der Waals surface area contributed by atoms with Crippen LogP contribution in [-0.4, -0.2) is 18.0 Å². The Morgan fingerprint density at radius 1 is 1.44 bits per heavy atom. The molecule has 4 nitrogen and oxygen atoms in total. The molecule has 1 N–H and O–H groups in total. The summed E-state index contributed by atoms with van der Waals surface area (Å²) in [5.41, 5.74) is -0.858. The van der Waals surface area contributed by atoms with E-state index in [0.29, 0.717) is 6.29 Å². The minimum absolute atomic E-state index is 0.0431. The summed E-state index contributed by atoms with van der Waals surface area (Å²) in [5, 5.41) is 2.23. The SMILES string of the molecule is CC(C)(C)OC(=O)Nc1c(C=O)ccc(Br)c1F. The predicted molar refractivity (Wildman–Crippen MR) is 69.3 cm³/mol. The normalized spacial score (nSPS) is 10.9. The van der Waals surface area contributed by atoms with Crippen LogP contribution < -0.4 is 5.32 Å². The van der Waals surface area contributed by atoms with Crippen molar-refractivity contribution in [1.29, 1.82) is 0 Å². The van der Waals surface area contributed by atoms with Crippen molar-refractivity contribution in [3.63, 3.8) is 0 Å². The standard InChI is InChI=1S/C12H13BrFNO3/c1-12(2,3)18-11(17)15-10-7(6-16)4-5-8(13)9(10)14/h4-6H,1-3H3,(H,15,17). The van der Waals surface area contributed by atoms with E-state index in [1.165, 1.54) is 12.1 Å². The zero-order valence-electron chi connectivity index (χ0n) is 10.2. The third-order valence-corrected chi connectivity index (χ3v) is 2.49. The molecule has 6 heteroatoms. The average Bonchev–Trinajstić information content (AvgIpc) is 2.22. The van der Waals surface area contributed by atoms with Crippen molar-refractivity contribution >= 4 is 34.0 Å². The molecular formula is C12H13BrFNO3. The molecule has 0 aliphatic heterocycles. The van der Waals surface area contributed by atoms with Gasteiger partial charge in [-0.1, -0.05) is 0 Å². The average molecular weight is 318 g/mol. The maximum Gasteiger partial charge on any atom is 0.412 e. The first kappa shape index (κ1) is 14.6. The lowest BCUT2D eigenvalue weighted by molar-refractivity contribution is 0.0635. The highest BCUT2D eigenvalue weighted by Crippen LogP contribution is 2.26. The number of carbonyl (C=O) groups is 2. The molecule has 1 rings (SSSR count). The molecule has 0 spiro atoms. The van der Waals surface area contributed by atoms with E-state index in [9.17, 15) is 14.0 Å². The summed E-state index contributed by atoms with van der Waals surface area (Å²) >= 11 is 2.98. The van der Waals surface area contributed by atoms with Crippen LogP contribution in [0.5, 0.6) is 0 Å². The third kappa shape index (κ3) is 3.80. The summed E-state index contributed by atoms with van der Waals surface area (Å²) < 4.78 is 18.9. The van der Waals surface area contributed by atoms with Crippen LogP contribution >= 0.6 is 15.9 Å². The van der Waals surface area contributed by atoms with Crippen molar-refractivity contribution in [3.8, 4) is 0 Å². The lowest BCUT2D eigenvalue weighted by Gasteiger charge is -2.20. The molecule has 98 valence electrons.